The van der Waals surface area contributed by atoms with Crippen LogP contribution < -0.4 is 0 Å². The monoisotopic (exact) mass is 194 g/mol. The molecule has 0 aromatic rings. The molecule has 0 aromatic heterocycles. The van der Waals surface area contributed by atoms with Crippen LogP contribution in [0.4, 0.5) is 0 Å². The van der Waals surface area contributed by atoms with E-state index in [2.05, 4.69) is 53.3 Å². The van der Waals surface area contributed by atoms with E-state index in [0.717, 1.165) is 0 Å². The maximum Gasteiger partial charge on any atom is -0.00488 e. The highest BCUT2D eigenvalue weighted by atomic mass is 14.3. The smallest absolute Gasteiger partial charge is 0.00488 e. The average molecular weight is 194 g/mol. The zero-order valence-electron chi connectivity index (χ0n) is 10.8. The number of hydrogen-bond donors (Lipinski definition) is 0. The minimum Gasteiger partial charge on any atom is -0.126 e. The third-order valence-electron chi connectivity index (χ3n) is 3.43. The van der Waals surface area contributed by atoms with Crippen molar-refractivity contribution in [3.63, 3.8) is 0 Å². The lowest BCUT2D eigenvalue weighted by molar-refractivity contribution is 0.310. The number of unbranched alkanes of at least 4 members (excludes halogenated alkanes) is 2. The van der Waals surface area contributed by atoms with Gasteiger partial charge in [-0.3, -0.25) is 0 Å². The van der Waals surface area contributed by atoms with Crippen molar-refractivity contribution in [1.82, 2.24) is 0 Å². The minimum absolute atomic E-state index is 0.280. The van der Waals surface area contributed by atoms with Gasteiger partial charge in [0.05, 0.1) is 0 Å². The quantitative estimate of drug-likeness (QED) is 0.428. The van der Waals surface area contributed by atoms with Gasteiger partial charge in [-0.25, -0.2) is 0 Å². The molecular formula is C14H26. The van der Waals surface area contributed by atoms with Crippen LogP contribution in [0.1, 0.15) is 60.8 Å². The van der Waals surface area contributed by atoms with E-state index in [0.29, 0.717) is 5.92 Å². The van der Waals surface area contributed by atoms with Gasteiger partial charge >= 0.3 is 0 Å². The molecule has 0 heterocycles. The van der Waals surface area contributed by atoms with Crippen molar-refractivity contribution >= 4 is 0 Å². The van der Waals surface area contributed by atoms with Gasteiger partial charge in [0, 0.05) is 0 Å². The molecule has 0 fully saturated rings. The molecule has 0 bridgehead atoms. The van der Waals surface area contributed by atoms with Crippen LogP contribution in [0.5, 0.6) is 0 Å². The molecule has 0 spiro atoms. The second-order valence-corrected chi connectivity index (χ2v) is 4.99. The van der Waals surface area contributed by atoms with E-state index in [1.807, 2.05) is 0 Å². The summed E-state index contributed by atoms with van der Waals surface area (Å²) in [6.07, 6.45) is 5.91. The zero-order chi connectivity index (χ0) is 11.2. The fraction of sp³-hybridized carbons (Fsp3) is 0.786. The van der Waals surface area contributed by atoms with E-state index in [4.69, 9.17) is 0 Å². The normalized spacial score (nSPS) is 11.4. The topological polar surface area (TPSA) is 0 Å². The predicted molar refractivity (Wildman–Crippen MR) is 65.4 cm³/mol. The van der Waals surface area contributed by atoms with Gasteiger partial charge < -0.3 is 0 Å². The molecule has 0 aliphatic heterocycles. The van der Waals surface area contributed by atoms with Crippen molar-refractivity contribution in [2.75, 3.05) is 0 Å². The molecule has 0 nitrogen and oxygen atoms in total. The molecule has 0 amide bonds. The Labute approximate surface area is 90.1 Å². The van der Waals surface area contributed by atoms with Gasteiger partial charge in [0.15, 0.2) is 0 Å². The first-order valence-corrected chi connectivity index (χ1v) is 5.85. The predicted octanol–water partition coefficient (Wildman–Crippen LogP) is 4.96. The van der Waals surface area contributed by atoms with Gasteiger partial charge in [-0.2, -0.15) is 0 Å². The van der Waals surface area contributed by atoms with Crippen LogP contribution in [0.25, 0.3) is 0 Å². The molecule has 0 saturated heterocycles. The Morgan fingerprint density at radius 2 is 1.93 bits per heavy atom. The second-order valence-electron chi connectivity index (χ2n) is 4.99. The summed E-state index contributed by atoms with van der Waals surface area (Å²) in [6, 6.07) is 0. The average Bonchev–Trinajstić information content (AvgIpc) is 2.11. The largest absolute Gasteiger partial charge is 0.126 e. The van der Waals surface area contributed by atoms with Crippen LogP contribution in [0.15, 0.2) is 17.4 Å². The summed E-state index contributed by atoms with van der Waals surface area (Å²) in [5.74, 6) is 0.676. The first-order valence-electron chi connectivity index (χ1n) is 5.85. The molecular weight excluding hydrogens is 168 g/mol. The first-order chi connectivity index (χ1) is 6.42. The van der Waals surface area contributed by atoms with Crippen molar-refractivity contribution in [2.45, 2.75) is 60.8 Å². The molecule has 0 saturated carbocycles. The molecule has 0 rings (SSSR count). The molecule has 0 radical (unpaired) electrons. The number of rotatable bonds is 5. The van der Waals surface area contributed by atoms with Crippen molar-refractivity contribution < 1.29 is 0 Å². The Bertz CT molecular complexity index is 212. The highest BCUT2D eigenvalue weighted by molar-refractivity contribution is 5.09. The zero-order valence-corrected chi connectivity index (χ0v) is 10.8. The summed E-state index contributed by atoms with van der Waals surface area (Å²) in [4.78, 5) is 0. The van der Waals surface area contributed by atoms with Crippen LogP contribution in [0, 0.1) is 11.3 Å². The Morgan fingerprint density at radius 1 is 1.36 bits per heavy atom. The lowest BCUT2D eigenvalue weighted by Crippen LogP contribution is -2.19. The SMILES string of the molecule is CCCCC=C=C(C)C(C)(C)C(C)C. The Hall–Kier alpha value is -0.480. The molecule has 0 aliphatic rings. The third kappa shape index (κ3) is 4.15. The number of hydrogen-bond acceptors (Lipinski definition) is 0. The second kappa shape index (κ2) is 6.09. The molecule has 82 valence electrons. The van der Waals surface area contributed by atoms with Crippen LogP contribution in [0.3, 0.4) is 0 Å². The highest BCUT2D eigenvalue weighted by Gasteiger charge is 2.23. The highest BCUT2D eigenvalue weighted by Crippen LogP contribution is 2.33. The van der Waals surface area contributed by atoms with E-state index in [9.17, 15) is 0 Å². The molecule has 0 aliphatic carbocycles. The Morgan fingerprint density at radius 3 is 2.36 bits per heavy atom. The molecule has 0 unspecified atom stereocenters. The summed E-state index contributed by atoms with van der Waals surface area (Å²) >= 11 is 0. The fourth-order valence-electron chi connectivity index (χ4n) is 1.15. The van der Waals surface area contributed by atoms with Gasteiger partial charge in [-0.1, -0.05) is 41.0 Å². The van der Waals surface area contributed by atoms with Gasteiger partial charge in [0.1, 0.15) is 0 Å². The van der Waals surface area contributed by atoms with Crippen LogP contribution in [0.2, 0.25) is 0 Å². The Balaban J connectivity index is 4.43. The van der Waals surface area contributed by atoms with E-state index in [1.54, 1.807) is 0 Å². The molecule has 0 aromatic carbocycles. The Kier molecular flexibility index (Phi) is 5.88. The summed E-state index contributed by atoms with van der Waals surface area (Å²) in [5, 5.41) is 0. The van der Waals surface area contributed by atoms with Gasteiger partial charge in [-0.15, -0.1) is 5.73 Å². The first kappa shape index (κ1) is 13.5. The third-order valence-corrected chi connectivity index (χ3v) is 3.43. The standard InChI is InChI=1S/C14H26/c1-7-8-9-10-11-13(4)14(5,6)12(2)3/h10,12H,7-9H2,1-6H3. The van der Waals surface area contributed by atoms with Crippen LogP contribution in [-0.4, -0.2) is 0 Å². The van der Waals surface area contributed by atoms with Gasteiger partial charge in [0.2, 0.25) is 0 Å². The molecule has 0 atom stereocenters. The lowest BCUT2D eigenvalue weighted by atomic mass is 9.76. The van der Waals surface area contributed by atoms with E-state index in [1.165, 1.54) is 24.8 Å². The fourth-order valence-corrected chi connectivity index (χ4v) is 1.15. The van der Waals surface area contributed by atoms with Gasteiger partial charge in [0.25, 0.3) is 0 Å². The van der Waals surface area contributed by atoms with Crippen molar-refractivity contribution in [1.29, 1.82) is 0 Å². The molecule has 0 heteroatoms. The van der Waals surface area contributed by atoms with Gasteiger partial charge in [-0.05, 0) is 42.7 Å². The summed E-state index contributed by atoms with van der Waals surface area (Å²) in [5.41, 5.74) is 5.09. The maximum absolute atomic E-state index is 3.43. The van der Waals surface area contributed by atoms with E-state index >= 15 is 0 Å². The van der Waals surface area contributed by atoms with Crippen LogP contribution in [-0.2, 0) is 0 Å². The minimum atomic E-state index is 0.280. The lowest BCUT2D eigenvalue weighted by Gasteiger charge is -2.29. The van der Waals surface area contributed by atoms with Crippen LogP contribution >= 0.6 is 0 Å². The van der Waals surface area contributed by atoms with Crippen molar-refractivity contribution in [3.05, 3.63) is 17.4 Å². The van der Waals surface area contributed by atoms with Crippen molar-refractivity contribution in [3.8, 4) is 0 Å². The molecule has 0 N–H and O–H groups in total. The summed E-state index contributed by atoms with van der Waals surface area (Å²) in [7, 11) is 0. The maximum atomic E-state index is 3.43. The van der Waals surface area contributed by atoms with E-state index in [-0.39, 0.29) is 5.41 Å². The number of allylic oxidation sites excluding steroid dienone is 1. The van der Waals surface area contributed by atoms with Crippen molar-refractivity contribution in [2.24, 2.45) is 11.3 Å². The summed E-state index contributed by atoms with van der Waals surface area (Å²) in [6.45, 7) is 13.6. The van der Waals surface area contributed by atoms with E-state index < -0.39 is 0 Å². The molecule has 14 heavy (non-hydrogen) atoms. The summed E-state index contributed by atoms with van der Waals surface area (Å²) < 4.78 is 0.